The number of nitrogens with one attached hydrogen (secondary N) is 2. The van der Waals surface area contributed by atoms with Crippen LogP contribution >= 0.6 is 0 Å². The van der Waals surface area contributed by atoms with E-state index in [9.17, 15) is 22.8 Å². The molecule has 0 aliphatic rings. The van der Waals surface area contributed by atoms with Gasteiger partial charge in [0.2, 0.25) is 0 Å². The number of halogens is 3. The maximum absolute atomic E-state index is 14.0. The van der Waals surface area contributed by atoms with E-state index in [1.165, 1.54) is 0 Å². The number of nitrogens with zero attached hydrogens (tertiary/aromatic N) is 1. The summed E-state index contributed by atoms with van der Waals surface area (Å²) in [4.78, 5) is 29.7. The Morgan fingerprint density at radius 2 is 1.56 bits per heavy atom. The van der Waals surface area contributed by atoms with E-state index in [0.717, 1.165) is 6.07 Å². The number of rotatable bonds is 8. The molecule has 10 heteroatoms. The molecule has 0 aliphatic carbocycles. The highest BCUT2D eigenvalue weighted by Gasteiger charge is 2.37. The Labute approximate surface area is 248 Å². The minimum atomic E-state index is -4.72. The van der Waals surface area contributed by atoms with Gasteiger partial charge in [-0.2, -0.15) is 13.2 Å². The van der Waals surface area contributed by atoms with Gasteiger partial charge in [0.15, 0.2) is 0 Å². The molecule has 2 N–H and O–H groups in total. The molecular weight excluding hydrogens is 559 g/mol. The molecule has 4 rings (SSSR count). The second-order valence-electron chi connectivity index (χ2n) is 10.8. The maximum atomic E-state index is 14.0. The molecule has 0 unspecified atom stereocenters. The molecule has 0 aliphatic heterocycles. The summed E-state index contributed by atoms with van der Waals surface area (Å²) >= 11 is 0. The van der Waals surface area contributed by atoms with Crippen LogP contribution in [-0.4, -0.2) is 29.2 Å². The highest BCUT2D eigenvalue weighted by Crippen LogP contribution is 2.38. The van der Waals surface area contributed by atoms with Gasteiger partial charge in [0.25, 0.3) is 5.91 Å². The predicted octanol–water partition coefficient (Wildman–Crippen LogP) is 8.30. The van der Waals surface area contributed by atoms with Crippen molar-refractivity contribution in [1.29, 1.82) is 0 Å². The lowest BCUT2D eigenvalue weighted by Crippen LogP contribution is -2.27. The van der Waals surface area contributed by atoms with Crippen LogP contribution in [-0.2, 0) is 17.3 Å². The molecule has 2 amide bonds. The first kappa shape index (κ1) is 31.1. The molecule has 0 fully saturated rings. The van der Waals surface area contributed by atoms with E-state index in [1.54, 1.807) is 107 Å². The number of hydrogen-bond donors (Lipinski definition) is 2. The molecular formula is C33H32F3N3O4. The molecule has 0 bridgehead atoms. The summed E-state index contributed by atoms with van der Waals surface area (Å²) in [6, 6.07) is 22.6. The number of aryl methyl sites for hydroxylation is 1. The summed E-state index contributed by atoms with van der Waals surface area (Å²) in [5.41, 5.74) is 0.0216. The number of alkyl halides is 3. The third-order valence-corrected chi connectivity index (χ3v) is 6.07. The fraction of sp³-hybridized carbons (Fsp3) is 0.242. The van der Waals surface area contributed by atoms with E-state index >= 15 is 0 Å². The fourth-order valence-electron chi connectivity index (χ4n) is 4.30. The number of carbonyl (C=O) groups excluding carboxylic acids is 2. The summed E-state index contributed by atoms with van der Waals surface area (Å²) in [7, 11) is 0. The van der Waals surface area contributed by atoms with Gasteiger partial charge in [0.1, 0.15) is 17.2 Å². The monoisotopic (exact) mass is 591 g/mol. The Balaban J connectivity index is 1.41. The van der Waals surface area contributed by atoms with Crippen molar-refractivity contribution < 1.29 is 32.2 Å². The lowest BCUT2D eigenvalue weighted by atomic mass is 9.92. The van der Waals surface area contributed by atoms with Crippen molar-refractivity contribution in [3.8, 4) is 16.9 Å². The number of carbonyl (C=O) groups is 2. The Kier molecular flexibility index (Phi) is 9.38. The second-order valence-corrected chi connectivity index (χ2v) is 10.8. The fourth-order valence-corrected chi connectivity index (χ4v) is 4.30. The summed E-state index contributed by atoms with van der Waals surface area (Å²) in [6.45, 7) is 7.14. The number of pyridine rings is 1. The number of amides is 2. The number of anilines is 2. The molecule has 0 saturated carbocycles. The molecule has 224 valence electrons. The van der Waals surface area contributed by atoms with Crippen molar-refractivity contribution in [3.05, 3.63) is 107 Å². The molecule has 3 aromatic carbocycles. The van der Waals surface area contributed by atoms with Gasteiger partial charge in [-0.3, -0.25) is 10.1 Å². The lowest BCUT2D eigenvalue weighted by Gasteiger charge is -2.19. The normalized spacial score (nSPS) is 11.5. The zero-order chi connectivity index (χ0) is 31.2. The molecule has 7 nitrogen and oxygen atoms in total. The van der Waals surface area contributed by atoms with E-state index in [4.69, 9.17) is 9.47 Å². The highest BCUT2D eigenvalue weighted by atomic mass is 19.4. The lowest BCUT2D eigenvalue weighted by molar-refractivity contribution is -0.137. The van der Waals surface area contributed by atoms with Crippen molar-refractivity contribution in [2.45, 2.75) is 45.9 Å². The van der Waals surface area contributed by atoms with E-state index in [1.807, 2.05) is 0 Å². The SMILES string of the molecule is Cc1cc(-c2ccccc2)c(C(=O)Nc2ccc(OCCc3cccc(NC(=O)OC(C)(C)C)n3)cc2)c(C(F)(F)F)c1. The first-order valence-corrected chi connectivity index (χ1v) is 13.6. The van der Waals surface area contributed by atoms with Gasteiger partial charge < -0.3 is 14.8 Å². The number of aromatic nitrogens is 1. The smallest absolute Gasteiger partial charge is 0.417 e. The van der Waals surface area contributed by atoms with Crippen LogP contribution in [0.1, 0.15) is 48.0 Å². The molecule has 0 atom stereocenters. The van der Waals surface area contributed by atoms with Gasteiger partial charge in [0.05, 0.1) is 17.7 Å². The largest absolute Gasteiger partial charge is 0.493 e. The summed E-state index contributed by atoms with van der Waals surface area (Å²) < 4.78 is 53.1. The number of hydrogen-bond acceptors (Lipinski definition) is 5. The van der Waals surface area contributed by atoms with E-state index in [2.05, 4.69) is 15.6 Å². The van der Waals surface area contributed by atoms with Crippen LogP contribution in [0.3, 0.4) is 0 Å². The zero-order valence-corrected chi connectivity index (χ0v) is 24.2. The van der Waals surface area contributed by atoms with Crippen LogP contribution in [0.25, 0.3) is 11.1 Å². The minimum Gasteiger partial charge on any atom is -0.493 e. The number of benzene rings is 3. The van der Waals surface area contributed by atoms with E-state index in [-0.39, 0.29) is 12.2 Å². The highest BCUT2D eigenvalue weighted by molar-refractivity contribution is 6.10. The van der Waals surface area contributed by atoms with Crippen molar-refractivity contribution in [2.24, 2.45) is 0 Å². The van der Waals surface area contributed by atoms with Crippen LogP contribution in [0.2, 0.25) is 0 Å². The molecule has 0 spiro atoms. The Bertz CT molecular complexity index is 1580. The van der Waals surface area contributed by atoms with Crippen LogP contribution in [0, 0.1) is 6.92 Å². The van der Waals surface area contributed by atoms with Crippen molar-refractivity contribution in [2.75, 3.05) is 17.2 Å². The van der Waals surface area contributed by atoms with E-state index < -0.39 is 34.9 Å². The van der Waals surface area contributed by atoms with Gasteiger partial charge in [0, 0.05) is 17.8 Å². The van der Waals surface area contributed by atoms with Crippen LogP contribution < -0.4 is 15.4 Å². The third-order valence-electron chi connectivity index (χ3n) is 6.07. The summed E-state index contributed by atoms with van der Waals surface area (Å²) in [5, 5.41) is 5.19. The van der Waals surface area contributed by atoms with Crippen molar-refractivity contribution >= 4 is 23.5 Å². The number of ether oxygens (including phenoxy) is 2. The summed E-state index contributed by atoms with van der Waals surface area (Å²) in [6.07, 6.45) is -4.88. The molecule has 1 aromatic heterocycles. The Hall–Kier alpha value is -4.86. The van der Waals surface area contributed by atoms with Gasteiger partial charge in [-0.05, 0) is 86.8 Å². The van der Waals surface area contributed by atoms with Gasteiger partial charge in [-0.15, -0.1) is 0 Å². The maximum Gasteiger partial charge on any atom is 0.417 e. The van der Waals surface area contributed by atoms with Crippen LogP contribution in [0.4, 0.5) is 29.5 Å². The predicted molar refractivity (Wildman–Crippen MR) is 159 cm³/mol. The van der Waals surface area contributed by atoms with E-state index in [0.29, 0.717) is 40.5 Å². The third kappa shape index (κ3) is 8.81. The molecule has 0 radical (unpaired) electrons. The second kappa shape index (κ2) is 13.0. The average Bonchev–Trinajstić information content (AvgIpc) is 2.92. The van der Waals surface area contributed by atoms with Crippen LogP contribution in [0.5, 0.6) is 5.75 Å². The first-order valence-electron chi connectivity index (χ1n) is 13.6. The van der Waals surface area contributed by atoms with Crippen molar-refractivity contribution in [1.82, 2.24) is 4.98 Å². The minimum absolute atomic E-state index is 0.198. The quantitative estimate of drug-likeness (QED) is 0.215. The average molecular weight is 592 g/mol. The molecule has 0 saturated heterocycles. The Morgan fingerprint density at radius 3 is 2.21 bits per heavy atom. The molecule has 43 heavy (non-hydrogen) atoms. The van der Waals surface area contributed by atoms with Gasteiger partial charge >= 0.3 is 12.3 Å². The van der Waals surface area contributed by atoms with Gasteiger partial charge in [-0.25, -0.2) is 9.78 Å². The topological polar surface area (TPSA) is 89.6 Å². The molecule has 1 heterocycles. The molecule has 4 aromatic rings. The van der Waals surface area contributed by atoms with Gasteiger partial charge in [-0.1, -0.05) is 42.5 Å². The Morgan fingerprint density at radius 1 is 0.860 bits per heavy atom. The van der Waals surface area contributed by atoms with Crippen molar-refractivity contribution in [3.63, 3.8) is 0 Å². The first-order chi connectivity index (χ1) is 20.3. The summed E-state index contributed by atoms with van der Waals surface area (Å²) in [5.74, 6) is -0.0207. The zero-order valence-electron chi connectivity index (χ0n) is 24.2. The van der Waals surface area contributed by atoms with Crippen LogP contribution in [0.15, 0.2) is 84.9 Å². The standard InChI is InChI=1S/C33H32F3N3O4/c1-21-19-26(22-9-6-5-7-10-22)29(27(20-21)33(34,35)36)30(40)38-24-13-15-25(16-14-24)42-18-17-23-11-8-12-28(37-23)39-31(41)43-32(2,3)4/h5-16,19-20H,17-18H2,1-4H3,(H,38,40)(H,37,39,41).